The van der Waals surface area contributed by atoms with Crippen LogP contribution in [0.25, 0.3) is 0 Å². The number of amides is 1. The molecule has 0 saturated heterocycles. The Labute approximate surface area is 137 Å². The highest BCUT2D eigenvalue weighted by molar-refractivity contribution is 5.84. The third kappa shape index (κ3) is 5.10. The van der Waals surface area contributed by atoms with Gasteiger partial charge in [0.05, 0.1) is 12.0 Å². The smallest absolute Gasteiger partial charge is 0.313 e. The topological polar surface area (TPSA) is 79.2 Å². The molecule has 0 bridgehead atoms. The lowest BCUT2D eigenvalue weighted by Gasteiger charge is -2.27. The lowest BCUT2D eigenvalue weighted by Crippen LogP contribution is -2.50. The minimum atomic E-state index is -0.979. The summed E-state index contributed by atoms with van der Waals surface area (Å²) in [6.07, 6.45) is 0.590. The van der Waals surface area contributed by atoms with Crippen molar-refractivity contribution in [1.82, 2.24) is 5.32 Å². The molecular weight excluding hydrogens is 292 g/mol. The molecule has 0 radical (unpaired) electrons. The quantitative estimate of drug-likeness (QED) is 0.784. The van der Waals surface area contributed by atoms with E-state index in [0.717, 1.165) is 5.56 Å². The zero-order chi connectivity index (χ0) is 17.5. The van der Waals surface area contributed by atoms with Gasteiger partial charge in [-0.15, -0.1) is 0 Å². The van der Waals surface area contributed by atoms with Crippen LogP contribution in [-0.2, 0) is 14.3 Å². The van der Waals surface area contributed by atoms with Gasteiger partial charge in [-0.05, 0) is 24.8 Å². The number of carbonyl (C=O) groups excluding carboxylic acids is 2. The monoisotopic (exact) mass is 316 g/mol. The van der Waals surface area contributed by atoms with Gasteiger partial charge in [-0.25, -0.2) is 0 Å². The summed E-state index contributed by atoms with van der Waals surface area (Å²) in [6, 6.07) is 11.4. The van der Waals surface area contributed by atoms with Crippen molar-refractivity contribution in [2.75, 3.05) is 6.61 Å². The van der Waals surface area contributed by atoms with E-state index in [1.54, 1.807) is 6.92 Å². The maximum atomic E-state index is 12.2. The fraction of sp³-hybridized carbons (Fsp3) is 0.500. The number of hydrogen-bond donors (Lipinski definition) is 1. The van der Waals surface area contributed by atoms with Crippen molar-refractivity contribution in [2.45, 2.75) is 45.6 Å². The third-order valence-electron chi connectivity index (χ3n) is 4.03. The van der Waals surface area contributed by atoms with E-state index in [0.29, 0.717) is 6.42 Å². The molecule has 1 aromatic rings. The second-order valence-corrected chi connectivity index (χ2v) is 6.00. The number of hydrogen-bond acceptors (Lipinski definition) is 4. The molecule has 0 fully saturated rings. The first-order chi connectivity index (χ1) is 10.8. The molecule has 1 rings (SSSR count). The summed E-state index contributed by atoms with van der Waals surface area (Å²) in [5.41, 5.74) is -0.114. The zero-order valence-corrected chi connectivity index (χ0v) is 14.1. The minimum absolute atomic E-state index is 0.0557. The van der Waals surface area contributed by atoms with Gasteiger partial charge >= 0.3 is 5.97 Å². The number of nitrogens with zero attached hydrogens (tertiary/aromatic N) is 1. The van der Waals surface area contributed by atoms with Crippen LogP contribution >= 0.6 is 0 Å². The maximum absolute atomic E-state index is 12.2. The van der Waals surface area contributed by atoms with E-state index in [9.17, 15) is 14.9 Å². The van der Waals surface area contributed by atoms with Gasteiger partial charge in [0.1, 0.15) is 5.54 Å². The van der Waals surface area contributed by atoms with Crippen molar-refractivity contribution in [3.8, 4) is 6.07 Å². The van der Waals surface area contributed by atoms with Crippen molar-refractivity contribution in [3.63, 3.8) is 0 Å². The molecule has 124 valence electrons. The summed E-state index contributed by atoms with van der Waals surface area (Å²) in [5, 5.41) is 11.8. The Kier molecular flexibility index (Phi) is 6.77. The standard InChI is InChI=1S/C18H24N2O3/c1-5-15(14-9-7-6-8-10-14)17(22)23-11-16(21)20-18(4,12-19)13(2)3/h6-10,13,15H,5,11H2,1-4H3,(H,20,21)/t15-,18+/m1/s1. The Balaban J connectivity index is 2.62. The van der Waals surface area contributed by atoms with E-state index in [1.807, 2.05) is 51.1 Å². The van der Waals surface area contributed by atoms with E-state index >= 15 is 0 Å². The van der Waals surface area contributed by atoms with Crippen LogP contribution < -0.4 is 5.32 Å². The van der Waals surface area contributed by atoms with E-state index in [-0.39, 0.29) is 12.5 Å². The Morgan fingerprint density at radius 3 is 2.39 bits per heavy atom. The van der Waals surface area contributed by atoms with Crippen LogP contribution in [0.2, 0.25) is 0 Å². The molecule has 0 aliphatic carbocycles. The molecule has 0 aliphatic rings. The second kappa shape index (κ2) is 8.33. The predicted octanol–water partition coefficient (Wildman–Crippen LogP) is 2.78. The number of carbonyl (C=O) groups is 2. The SMILES string of the molecule is CC[C@@H](C(=O)OCC(=O)N[C@@](C)(C#N)C(C)C)c1ccccc1. The number of nitrogens with one attached hydrogen (secondary N) is 1. The molecule has 0 aromatic heterocycles. The first-order valence-electron chi connectivity index (χ1n) is 7.77. The maximum Gasteiger partial charge on any atom is 0.313 e. The highest BCUT2D eigenvalue weighted by atomic mass is 16.5. The first kappa shape index (κ1) is 18.7. The van der Waals surface area contributed by atoms with Crippen molar-refractivity contribution < 1.29 is 14.3 Å². The van der Waals surface area contributed by atoms with Gasteiger partial charge in [-0.1, -0.05) is 51.1 Å². The van der Waals surface area contributed by atoms with Crippen LogP contribution in [0, 0.1) is 17.2 Å². The van der Waals surface area contributed by atoms with Gasteiger partial charge in [0.25, 0.3) is 5.91 Å². The minimum Gasteiger partial charge on any atom is -0.455 e. The van der Waals surface area contributed by atoms with Gasteiger partial charge < -0.3 is 10.1 Å². The van der Waals surface area contributed by atoms with Crippen LogP contribution in [0.3, 0.4) is 0 Å². The number of ether oxygens (including phenoxy) is 1. The Hall–Kier alpha value is -2.35. The lowest BCUT2D eigenvalue weighted by atomic mass is 9.90. The molecular formula is C18H24N2O3. The molecule has 2 atom stereocenters. The summed E-state index contributed by atoms with van der Waals surface area (Å²) >= 11 is 0. The molecule has 1 aromatic carbocycles. The van der Waals surface area contributed by atoms with Gasteiger partial charge in [-0.3, -0.25) is 9.59 Å². The molecule has 0 aliphatic heterocycles. The Morgan fingerprint density at radius 1 is 1.30 bits per heavy atom. The van der Waals surface area contributed by atoms with Crippen molar-refractivity contribution in [3.05, 3.63) is 35.9 Å². The Bertz CT molecular complexity index is 578. The van der Waals surface area contributed by atoms with E-state index in [1.165, 1.54) is 0 Å². The lowest BCUT2D eigenvalue weighted by molar-refractivity contribution is -0.150. The number of benzene rings is 1. The van der Waals surface area contributed by atoms with E-state index < -0.39 is 23.3 Å². The highest BCUT2D eigenvalue weighted by Gasteiger charge is 2.30. The van der Waals surface area contributed by atoms with Crippen molar-refractivity contribution in [2.24, 2.45) is 5.92 Å². The molecule has 5 heteroatoms. The Morgan fingerprint density at radius 2 is 1.91 bits per heavy atom. The average Bonchev–Trinajstić information content (AvgIpc) is 2.54. The van der Waals surface area contributed by atoms with E-state index in [2.05, 4.69) is 11.4 Å². The summed E-state index contributed by atoms with van der Waals surface area (Å²) in [6.45, 7) is 6.85. The fourth-order valence-electron chi connectivity index (χ4n) is 2.09. The average molecular weight is 316 g/mol. The number of esters is 1. The van der Waals surface area contributed by atoms with Gasteiger partial charge in [0.15, 0.2) is 6.61 Å². The van der Waals surface area contributed by atoms with Crippen LogP contribution in [-0.4, -0.2) is 24.0 Å². The largest absolute Gasteiger partial charge is 0.455 e. The number of nitriles is 1. The molecule has 0 saturated carbocycles. The van der Waals surface area contributed by atoms with Crippen LogP contribution in [0.5, 0.6) is 0 Å². The molecule has 0 heterocycles. The predicted molar refractivity (Wildman–Crippen MR) is 87.4 cm³/mol. The number of rotatable bonds is 7. The molecule has 23 heavy (non-hydrogen) atoms. The van der Waals surface area contributed by atoms with Crippen molar-refractivity contribution in [1.29, 1.82) is 5.26 Å². The molecule has 1 amide bonds. The normalized spacial score (nSPS) is 14.4. The zero-order valence-electron chi connectivity index (χ0n) is 14.1. The molecule has 1 N–H and O–H groups in total. The summed E-state index contributed by atoms with van der Waals surface area (Å²) in [7, 11) is 0. The molecule has 0 unspecified atom stereocenters. The summed E-state index contributed by atoms with van der Waals surface area (Å²) < 4.78 is 5.12. The first-order valence-corrected chi connectivity index (χ1v) is 7.77. The van der Waals surface area contributed by atoms with Crippen LogP contribution in [0.4, 0.5) is 0 Å². The molecule has 5 nitrogen and oxygen atoms in total. The van der Waals surface area contributed by atoms with Crippen molar-refractivity contribution >= 4 is 11.9 Å². The van der Waals surface area contributed by atoms with Gasteiger partial charge in [0.2, 0.25) is 0 Å². The third-order valence-corrected chi connectivity index (χ3v) is 4.03. The summed E-state index contributed by atoms with van der Waals surface area (Å²) in [4.78, 5) is 24.1. The highest BCUT2D eigenvalue weighted by Crippen LogP contribution is 2.21. The van der Waals surface area contributed by atoms with Crippen LogP contribution in [0.15, 0.2) is 30.3 Å². The second-order valence-electron chi connectivity index (χ2n) is 6.00. The van der Waals surface area contributed by atoms with Gasteiger partial charge in [0, 0.05) is 0 Å². The van der Waals surface area contributed by atoms with Gasteiger partial charge in [-0.2, -0.15) is 5.26 Å². The summed E-state index contributed by atoms with van der Waals surface area (Å²) in [5.74, 6) is -1.35. The van der Waals surface area contributed by atoms with E-state index in [4.69, 9.17) is 4.74 Å². The molecule has 0 spiro atoms. The van der Waals surface area contributed by atoms with Crippen LogP contribution in [0.1, 0.15) is 45.6 Å². The fourth-order valence-corrected chi connectivity index (χ4v) is 2.09.